The van der Waals surface area contributed by atoms with E-state index in [0.717, 1.165) is 49.2 Å². The maximum atomic E-state index is 12.6. The minimum Gasteiger partial charge on any atom is -0.507 e. The number of nitrogens with one attached hydrogen (secondary N) is 1. The lowest BCUT2D eigenvalue weighted by molar-refractivity contribution is -0.133. The van der Waals surface area contributed by atoms with Crippen molar-refractivity contribution in [3.8, 4) is 17.0 Å². The van der Waals surface area contributed by atoms with Crippen molar-refractivity contribution in [1.82, 2.24) is 19.5 Å². The van der Waals surface area contributed by atoms with Gasteiger partial charge in [-0.25, -0.2) is 4.98 Å². The highest BCUT2D eigenvalue weighted by Gasteiger charge is 2.24. The number of halogens is 1. The smallest absolute Gasteiger partial charge is 0.222 e. The molecule has 1 aromatic carbocycles. The van der Waals surface area contributed by atoms with Gasteiger partial charge in [-0.1, -0.05) is 26.0 Å². The molecule has 8 heteroatoms. The van der Waals surface area contributed by atoms with Crippen LogP contribution in [0.5, 0.6) is 5.75 Å². The van der Waals surface area contributed by atoms with Crippen molar-refractivity contribution < 1.29 is 9.90 Å². The molecule has 32 heavy (non-hydrogen) atoms. The largest absolute Gasteiger partial charge is 0.507 e. The molecule has 2 N–H and O–H groups in total. The highest BCUT2D eigenvalue weighted by Crippen LogP contribution is 2.31. The molecule has 3 heterocycles. The monoisotopic (exact) mass is 499 g/mol. The van der Waals surface area contributed by atoms with E-state index in [2.05, 4.69) is 40.2 Å². The number of carbonyl (C=O) groups excluding carboxylic acids is 1. The summed E-state index contributed by atoms with van der Waals surface area (Å²) in [6, 6.07) is 9.10. The Labute approximate surface area is 197 Å². The van der Waals surface area contributed by atoms with Gasteiger partial charge in [0.25, 0.3) is 0 Å². The Bertz CT molecular complexity index is 1100. The molecule has 1 amide bonds. The SMILES string of the molecule is CC(C)CCC(=O)N1CCCC(CNc2cc(-c3ccccc3O)nc3c(Br)cnn23)C1. The standard InChI is InChI=1S/C24H30BrN5O2/c1-16(2)9-10-23(32)29-11-5-6-17(15-29)13-26-22-12-20(18-7-3-4-8-21(18)31)28-24-19(25)14-27-30(22)24/h3-4,7-8,12,14,16-17,26,31H,5-6,9-11,13,15H2,1-2H3. The number of hydrogen-bond donors (Lipinski definition) is 2. The number of benzene rings is 1. The molecule has 1 unspecified atom stereocenters. The summed E-state index contributed by atoms with van der Waals surface area (Å²) in [6.45, 7) is 6.69. The van der Waals surface area contributed by atoms with E-state index in [0.29, 0.717) is 35.2 Å². The van der Waals surface area contributed by atoms with E-state index in [1.165, 1.54) is 0 Å². The molecule has 2 aromatic heterocycles. The lowest BCUT2D eigenvalue weighted by Gasteiger charge is -2.33. The molecule has 1 atom stereocenters. The second kappa shape index (κ2) is 9.90. The van der Waals surface area contributed by atoms with E-state index in [1.807, 2.05) is 23.1 Å². The first kappa shape index (κ1) is 22.6. The van der Waals surface area contributed by atoms with Gasteiger partial charge in [-0.15, -0.1) is 0 Å². The number of fused-ring (bicyclic) bond motifs is 1. The number of rotatable bonds is 7. The van der Waals surface area contributed by atoms with Crippen molar-refractivity contribution in [2.24, 2.45) is 11.8 Å². The predicted molar refractivity (Wildman–Crippen MR) is 130 cm³/mol. The third kappa shape index (κ3) is 5.06. The Balaban J connectivity index is 1.50. The molecule has 0 radical (unpaired) electrons. The van der Waals surface area contributed by atoms with Crippen LogP contribution in [0.15, 0.2) is 41.0 Å². The van der Waals surface area contributed by atoms with Crippen molar-refractivity contribution in [2.75, 3.05) is 25.0 Å². The second-order valence-corrected chi connectivity index (χ2v) is 9.79. The van der Waals surface area contributed by atoms with Crippen molar-refractivity contribution in [2.45, 2.75) is 39.5 Å². The second-order valence-electron chi connectivity index (χ2n) is 8.93. The molecule has 7 nitrogen and oxygen atoms in total. The van der Waals surface area contributed by atoms with Crippen LogP contribution in [0.25, 0.3) is 16.9 Å². The van der Waals surface area contributed by atoms with Crippen LogP contribution in [0.3, 0.4) is 0 Å². The maximum Gasteiger partial charge on any atom is 0.222 e. The van der Waals surface area contributed by atoms with Crippen molar-refractivity contribution in [3.05, 3.63) is 41.0 Å². The fraction of sp³-hybridized carbons (Fsp3) is 0.458. The summed E-state index contributed by atoms with van der Waals surface area (Å²) in [5.74, 6) is 2.19. The summed E-state index contributed by atoms with van der Waals surface area (Å²) >= 11 is 3.52. The van der Waals surface area contributed by atoms with Gasteiger partial charge >= 0.3 is 0 Å². The summed E-state index contributed by atoms with van der Waals surface area (Å²) in [6.07, 6.45) is 5.41. The fourth-order valence-corrected chi connectivity index (χ4v) is 4.52. The molecule has 3 aromatic rings. The Kier molecular flexibility index (Phi) is 6.98. The molecule has 0 bridgehead atoms. The van der Waals surface area contributed by atoms with Gasteiger partial charge in [0.05, 0.1) is 16.4 Å². The number of nitrogens with zero attached hydrogens (tertiary/aromatic N) is 4. The average molecular weight is 500 g/mol. The van der Waals surface area contributed by atoms with Crippen molar-refractivity contribution in [1.29, 1.82) is 0 Å². The minimum atomic E-state index is 0.189. The van der Waals surface area contributed by atoms with Gasteiger partial charge in [0, 0.05) is 37.7 Å². The summed E-state index contributed by atoms with van der Waals surface area (Å²) in [5, 5.41) is 18.3. The van der Waals surface area contributed by atoms with E-state index in [4.69, 9.17) is 4.98 Å². The van der Waals surface area contributed by atoms with E-state index in [-0.39, 0.29) is 11.7 Å². The van der Waals surface area contributed by atoms with E-state index >= 15 is 0 Å². The summed E-state index contributed by atoms with van der Waals surface area (Å²) in [5.41, 5.74) is 2.03. The number of aromatic nitrogens is 3. The Morgan fingerprint density at radius 3 is 2.94 bits per heavy atom. The van der Waals surface area contributed by atoms with Crippen LogP contribution in [0.2, 0.25) is 0 Å². The molecular formula is C24H30BrN5O2. The number of phenols is 1. The molecule has 1 aliphatic heterocycles. The van der Waals surface area contributed by atoms with Gasteiger partial charge in [-0.3, -0.25) is 4.79 Å². The zero-order valence-corrected chi connectivity index (χ0v) is 20.2. The number of likely N-dealkylation sites (tertiary alicyclic amines) is 1. The zero-order chi connectivity index (χ0) is 22.7. The third-order valence-electron chi connectivity index (χ3n) is 5.99. The first-order valence-electron chi connectivity index (χ1n) is 11.3. The van der Waals surface area contributed by atoms with Gasteiger partial charge in [0.15, 0.2) is 5.65 Å². The highest BCUT2D eigenvalue weighted by molar-refractivity contribution is 9.10. The average Bonchev–Trinajstić information content (AvgIpc) is 3.17. The molecule has 1 saturated heterocycles. The zero-order valence-electron chi connectivity index (χ0n) is 18.6. The normalized spacial score (nSPS) is 16.6. The van der Waals surface area contributed by atoms with Crippen molar-refractivity contribution >= 4 is 33.3 Å². The maximum absolute atomic E-state index is 12.6. The number of hydrogen-bond acceptors (Lipinski definition) is 5. The van der Waals surface area contributed by atoms with E-state index < -0.39 is 0 Å². The fourth-order valence-electron chi connectivity index (χ4n) is 4.17. The van der Waals surface area contributed by atoms with Crippen molar-refractivity contribution in [3.63, 3.8) is 0 Å². The van der Waals surface area contributed by atoms with Crippen LogP contribution in [-0.4, -0.2) is 50.1 Å². The highest BCUT2D eigenvalue weighted by atomic mass is 79.9. The van der Waals surface area contributed by atoms with Crippen LogP contribution in [0.4, 0.5) is 5.82 Å². The third-order valence-corrected chi connectivity index (χ3v) is 6.55. The van der Waals surface area contributed by atoms with Crippen LogP contribution >= 0.6 is 15.9 Å². The molecule has 170 valence electrons. The van der Waals surface area contributed by atoms with Crippen LogP contribution < -0.4 is 5.32 Å². The Morgan fingerprint density at radius 1 is 1.34 bits per heavy atom. The van der Waals surface area contributed by atoms with Gasteiger partial charge in [-0.05, 0) is 59.2 Å². The molecule has 0 spiro atoms. The number of phenolic OH excluding ortho intramolecular Hbond substituents is 1. The first-order valence-corrected chi connectivity index (χ1v) is 12.1. The number of anilines is 1. The number of amides is 1. The van der Waals surface area contributed by atoms with Gasteiger partial charge in [0.1, 0.15) is 11.6 Å². The number of para-hydroxylation sites is 1. The molecular weight excluding hydrogens is 470 g/mol. The number of aromatic hydroxyl groups is 1. The quantitative estimate of drug-likeness (QED) is 0.480. The van der Waals surface area contributed by atoms with Crippen LogP contribution in [0, 0.1) is 11.8 Å². The lowest BCUT2D eigenvalue weighted by Crippen LogP contribution is -2.41. The molecule has 1 aliphatic rings. The summed E-state index contributed by atoms with van der Waals surface area (Å²) < 4.78 is 2.56. The molecule has 1 fully saturated rings. The topological polar surface area (TPSA) is 82.8 Å². The van der Waals surface area contributed by atoms with Crippen LogP contribution in [-0.2, 0) is 4.79 Å². The first-order chi connectivity index (χ1) is 15.4. The van der Waals surface area contributed by atoms with Gasteiger partial charge in [0.2, 0.25) is 5.91 Å². The van der Waals surface area contributed by atoms with Gasteiger partial charge in [-0.2, -0.15) is 9.61 Å². The molecule has 0 aliphatic carbocycles. The minimum absolute atomic E-state index is 0.189. The predicted octanol–water partition coefficient (Wildman–Crippen LogP) is 4.95. The molecule has 4 rings (SSSR count). The summed E-state index contributed by atoms with van der Waals surface area (Å²) in [7, 11) is 0. The van der Waals surface area contributed by atoms with E-state index in [1.54, 1.807) is 22.8 Å². The van der Waals surface area contributed by atoms with Gasteiger partial charge < -0.3 is 15.3 Å². The lowest BCUT2D eigenvalue weighted by atomic mass is 9.97. The molecule has 0 saturated carbocycles. The summed E-state index contributed by atoms with van der Waals surface area (Å²) in [4.78, 5) is 19.3. The Hall–Kier alpha value is -2.61. The Morgan fingerprint density at radius 2 is 2.16 bits per heavy atom. The van der Waals surface area contributed by atoms with Crippen LogP contribution in [0.1, 0.15) is 39.5 Å². The number of piperidine rings is 1. The number of carbonyl (C=O) groups is 1. The van der Waals surface area contributed by atoms with E-state index in [9.17, 15) is 9.90 Å².